The van der Waals surface area contributed by atoms with E-state index in [0.717, 1.165) is 57.4 Å². The minimum atomic E-state index is 0.195. The summed E-state index contributed by atoms with van der Waals surface area (Å²) in [5.41, 5.74) is 4.60. The van der Waals surface area contributed by atoms with Crippen LogP contribution < -0.4 is 0 Å². The lowest BCUT2D eigenvalue weighted by atomic mass is 9.79. The van der Waals surface area contributed by atoms with Gasteiger partial charge >= 0.3 is 0 Å². The van der Waals surface area contributed by atoms with E-state index >= 15 is 0 Å². The molecule has 2 aromatic rings. The number of nitrogens with zero attached hydrogens (tertiary/aromatic N) is 2. The highest BCUT2D eigenvalue weighted by Gasteiger charge is 2.38. The number of hydrogen-bond acceptors (Lipinski definition) is 3. The zero-order valence-corrected chi connectivity index (χ0v) is 16.3. The van der Waals surface area contributed by atoms with Crippen molar-refractivity contribution in [3.63, 3.8) is 0 Å². The van der Waals surface area contributed by atoms with Crippen LogP contribution in [0.15, 0.2) is 42.5 Å². The monoisotopic (exact) mass is 376 g/mol. The van der Waals surface area contributed by atoms with Gasteiger partial charge in [0.15, 0.2) is 0 Å². The molecule has 2 heterocycles. The van der Waals surface area contributed by atoms with Crippen LogP contribution in [0.3, 0.4) is 0 Å². The number of hydrogen-bond donors (Lipinski definition) is 1. The van der Waals surface area contributed by atoms with Gasteiger partial charge in [0.25, 0.3) is 5.91 Å². The molecule has 146 valence electrons. The fraction of sp³-hybridized carbons (Fsp3) is 0.458. The van der Waals surface area contributed by atoms with Gasteiger partial charge in [0, 0.05) is 30.6 Å². The molecule has 1 aliphatic carbocycles. The molecule has 2 aliphatic heterocycles. The van der Waals surface area contributed by atoms with Crippen molar-refractivity contribution in [1.82, 2.24) is 9.80 Å². The molecule has 0 bridgehead atoms. The van der Waals surface area contributed by atoms with Gasteiger partial charge in [0.05, 0.1) is 0 Å². The van der Waals surface area contributed by atoms with Crippen LogP contribution in [-0.4, -0.2) is 46.5 Å². The zero-order valence-electron chi connectivity index (χ0n) is 16.3. The lowest BCUT2D eigenvalue weighted by molar-refractivity contribution is 0.0773. The first-order valence-electron chi connectivity index (χ1n) is 10.6. The van der Waals surface area contributed by atoms with Crippen molar-refractivity contribution >= 4 is 5.91 Å². The number of fused-ring (bicyclic) bond motifs is 4. The molecule has 1 fully saturated rings. The van der Waals surface area contributed by atoms with E-state index in [9.17, 15) is 9.90 Å². The number of phenols is 1. The predicted molar refractivity (Wildman–Crippen MR) is 110 cm³/mol. The number of carbonyl (C=O) groups is 1. The molecule has 0 spiro atoms. The standard InChI is InChI=1S/C24H28N2O2/c27-23-9-5-8-19-20-12-15-25(22(20)11-10-21(19)23)13-3-4-14-26-16-17-6-1-2-7-18(17)24(26)28/h1-2,5-9,20,22,27H,3-4,10-16H2. The summed E-state index contributed by atoms with van der Waals surface area (Å²) in [6.07, 6.45) is 5.53. The molecule has 4 nitrogen and oxygen atoms in total. The molecule has 2 unspecified atom stereocenters. The summed E-state index contributed by atoms with van der Waals surface area (Å²) in [7, 11) is 0. The second-order valence-electron chi connectivity index (χ2n) is 8.47. The number of aromatic hydroxyl groups is 1. The van der Waals surface area contributed by atoms with E-state index in [0.29, 0.717) is 17.7 Å². The third kappa shape index (κ3) is 3.00. The maximum Gasteiger partial charge on any atom is 0.254 e. The van der Waals surface area contributed by atoms with Crippen LogP contribution in [0, 0.1) is 0 Å². The van der Waals surface area contributed by atoms with Crippen molar-refractivity contribution in [3.8, 4) is 5.75 Å². The quantitative estimate of drug-likeness (QED) is 0.804. The van der Waals surface area contributed by atoms with Crippen molar-refractivity contribution in [2.75, 3.05) is 19.6 Å². The molecule has 4 heteroatoms. The Labute approximate surface area is 166 Å². The third-order valence-electron chi connectivity index (χ3n) is 6.96. The molecule has 5 rings (SSSR count). The number of amides is 1. The highest BCUT2D eigenvalue weighted by molar-refractivity contribution is 5.98. The fourth-order valence-corrected chi connectivity index (χ4v) is 5.56. The van der Waals surface area contributed by atoms with E-state index in [1.54, 1.807) is 0 Å². The molecule has 1 amide bonds. The van der Waals surface area contributed by atoms with Crippen molar-refractivity contribution in [2.24, 2.45) is 0 Å². The van der Waals surface area contributed by atoms with E-state index in [4.69, 9.17) is 0 Å². The Morgan fingerprint density at radius 1 is 1.00 bits per heavy atom. The van der Waals surface area contributed by atoms with E-state index < -0.39 is 0 Å². The van der Waals surface area contributed by atoms with Gasteiger partial charge in [-0.05, 0) is 74.0 Å². The van der Waals surface area contributed by atoms with Crippen LogP contribution in [0.5, 0.6) is 5.75 Å². The first kappa shape index (κ1) is 17.7. The largest absolute Gasteiger partial charge is 0.508 e. The lowest BCUT2D eigenvalue weighted by Gasteiger charge is -2.33. The topological polar surface area (TPSA) is 43.8 Å². The summed E-state index contributed by atoms with van der Waals surface area (Å²) in [5.74, 6) is 1.25. The minimum Gasteiger partial charge on any atom is -0.508 e. The highest BCUT2D eigenvalue weighted by atomic mass is 16.3. The maximum atomic E-state index is 12.5. The van der Waals surface area contributed by atoms with Crippen molar-refractivity contribution in [3.05, 3.63) is 64.7 Å². The Kier molecular flexibility index (Phi) is 4.59. The lowest BCUT2D eigenvalue weighted by Crippen LogP contribution is -2.36. The Hall–Kier alpha value is -2.33. The molecule has 1 N–H and O–H groups in total. The van der Waals surface area contributed by atoms with Crippen LogP contribution in [0.25, 0.3) is 0 Å². The fourth-order valence-electron chi connectivity index (χ4n) is 5.56. The molecule has 0 saturated carbocycles. The second kappa shape index (κ2) is 7.25. The number of likely N-dealkylation sites (tertiary alicyclic amines) is 1. The molecule has 28 heavy (non-hydrogen) atoms. The number of unbranched alkanes of at least 4 members (excludes halogenated alkanes) is 1. The highest BCUT2D eigenvalue weighted by Crippen LogP contribution is 2.43. The van der Waals surface area contributed by atoms with Gasteiger partial charge in [-0.3, -0.25) is 9.69 Å². The second-order valence-corrected chi connectivity index (χ2v) is 8.47. The van der Waals surface area contributed by atoms with Gasteiger partial charge in [0.1, 0.15) is 5.75 Å². The van der Waals surface area contributed by atoms with Crippen molar-refractivity contribution in [2.45, 2.75) is 50.6 Å². The van der Waals surface area contributed by atoms with Gasteiger partial charge in [-0.15, -0.1) is 0 Å². The average molecular weight is 377 g/mol. The van der Waals surface area contributed by atoms with Crippen LogP contribution in [-0.2, 0) is 13.0 Å². The summed E-state index contributed by atoms with van der Waals surface area (Å²) in [5, 5.41) is 10.2. The predicted octanol–water partition coefficient (Wildman–Crippen LogP) is 3.93. The molecular weight excluding hydrogens is 348 g/mol. The van der Waals surface area contributed by atoms with Crippen LogP contribution in [0.4, 0.5) is 0 Å². The van der Waals surface area contributed by atoms with Crippen LogP contribution >= 0.6 is 0 Å². The smallest absolute Gasteiger partial charge is 0.254 e. The first-order chi connectivity index (χ1) is 13.7. The van der Waals surface area contributed by atoms with Gasteiger partial charge in [0.2, 0.25) is 0 Å². The Morgan fingerprint density at radius 3 is 2.75 bits per heavy atom. The van der Waals surface area contributed by atoms with E-state index in [1.807, 2.05) is 35.2 Å². The van der Waals surface area contributed by atoms with Crippen LogP contribution in [0.1, 0.15) is 58.6 Å². The average Bonchev–Trinajstić information content (AvgIpc) is 3.27. The summed E-state index contributed by atoms with van der Waals surface area (Å²) in [6, 6.07) is 14.6. The van der Waals surface area contributed by atoms with Crippen LogP contribution in [0.2, 0.25) is 0 Å². The summed E-state index contributed by atoms with van der Waals surface area (Å²) in [4.78, 5) is 17.1. The van der Waals surface area contributed by atoms with Gasteiger partial charge in [-0.25, -0.2) is 0 Å². The maximum absolute atomic E-state index is 12.5. The summed E-state index contributed by atoms with van der Waals surface area (Å²) in [6.45, 7) is 3.89. The van der Waals surface area contributed by atoms with E-state index in [1.165, 1.54) is 23.1 Å². The number of benzene rings is 2. The SMILES string of the molecule is O=C1c2ccccc2CN1CCCCN1CCC2c3cccc(O)c3CCC21. The number of phenolic OH excluding ortho intramolecular Hbond substituents is 1. The number of rotatable bonds is 5. The van der Waals surface area contributed by atoms with Crippen molar-refractivity contribution < 1.29 is 9.90 Å². The minimum absolute atomic E-state index is 0.195. The Balaban J connectivity index is 1.14. The summed E-state index contributed by atoms with van der Waals surface area (Å²) < 4.78 is 0. The number of carbonyl (C=O) groups excluding carboxylic acids is 1. The van der Waals surface area contributed by atoms with Gasteiger partial charge in [-0.2, -0.15) is 0 Å². The van der Waals surface area contributed by atoms with Gasteiger partial charge < -0.3 is 10.0 Å². The molecule has 2 aromatic carbocycles. The zero-order chi connectivity index (χ0) is 19.1. The molecule has 1 saturated heterocycles. The molecule has 0 aromatic heterocycles. The molecular formula is C24H28N2O2. The Morgan fingerprint density at radius 2 is 1.86 bits per heavy atom. The van der Waals surface area contributed by atoms with Crippen molar-refractivity contribution in [1.29, 1.82) is 0 Å². The first-order valence-corrected chi connectivity index (χ1v) is 10.6. The van der Waals surface area contributed by atoms with E-state index in [-0.39, 0.29) is 5.91 Å². The normalized spacial score (nSPS) is 23.6. The molecule has 3 aliphatic rings. The van der Waals surface area contributed by atoms with E-state index in [2.05, 4.69) is 17.0 Å². The molecule has 0 radical (unpaired) electrons. The molecule has 2 atom stereocenters. The Bertz CT molecular complexity index is 894. The van der Waals surface area contributed by atoms with Gasteiger partial charge in [-0.1, -0.05) is 30.3 Å². The third-order valence-corrected chi connectivity index (χ3v) is 6.96. The summed E-state index contributed by atoms with van der Waals surface area (Å²) >= 11 is 0.